The maximum atomic E-state index is 11.8. The number of nitrogens with zero attached hydrogens (tertiary/aromatic N) is 1. The van der Waals surface area contributed by atoms with Crippen molar-refractivity contribution in [1.29, 1.82) is 0 Å². The lowest BCUT2D eigenvalue weighted by Crippen LogP contribution is -2.44. The first kappa shape index (κ1) is 11.9. The summed E-state index contributed by atoms with van der Waals surface area (Å²) in [6.45, 7) is 3.37. The second-order valence-corrected chi connectivity index (χ2v) is 4.51. The zero-order valence-electron chi connectivity index (χ0n) is 10.1. The third-order valence-corrected chi connectivity index (χ3v) is 3.02. The lowest BCUT2D eigenvalue weighted by Gasteiger charge is -2.29. The van der Waals surface area contributed by atoms with Gasteiger partial charge in [0.1, 0.15) is 5.75 Å². The molecular weight excluding hydrogens is 216 g/mol. The Hall–Kier alpha value is -1.55. The molecule has 1 aliphatic heterocycles. The molecule has 1 aromatic rings. The molecular formula is C13H18N2O2. The van der Waals surface area contributed by atoms with Crippen LogP contribution < -0.4 is 10.5 Å². The molecule has 2 rings (SSSR count). The average Bonchev–Trinajstić information content (AvgIpc) is 2.33. The maximum absolute atomic E-state index is 11.8. The van der Waals surface area contributed by atoms with Gasteiger partial charge in [-0.25, -0.2) is 4.79 Å². The van der Waals surface area contributed by atoms with Crippen LogP contribution in [0, 0.1) is 6.92 Å². The summed E-state index contributed by atoms with van der Waals surface area (Å²) in [6.07, 6.45) is 1.42. The minimum Gasteiger partial charge on any atom is -0.410 e. The largest absolute Gasteiger partial charge is 0.415 e. The summed E-state index contributed by atoms with van der Waals surface area (Å²) in [7, 11) is 0. The van der Waals surface area contributed by atoms with E-state index in [9.17, 15) is 4.79 Å². The first-order valence-corrected chi connectivity index (χ1v) is 5.94. The fourth-order valence-electron chi connectivity index (χ4n) is 1.85. The summed E-state index contributed by atoms with van der Waals surface area (Å²) < 4.78 is 5.29. The zero-order valence-corrected chi connectivity index (χ0v) is 10.1. The molecule has 1 fully saturated rings. The van der Waals surface area contributed by atoms with E-state index in [0.29, 0.717) is 18.8 Å². The molecule has 0 aliphatic carbocycles. The molecule has 0 unspecified atom stereocenters. The van der Waals surface area contributed by atoms with E-state index in [2.05, 4.69) is 0 Å². The Bertz CT molecular complexity index is 381. The predicted octanol–water partition coefficient (Wildman–Crippen LogP) is 1.92. The molecule has 4 nitrogen and oxygen atoms in total. The van der Waals surface area contributed by atoms with Crippen molar-refractivity contribution in [2.75, 3.05) is 13.1 Å². The summed E-state index contributed by atoms with van der Waals surface area (Å²) in [6, 6.07) is 7.69. The summed E-state index contributed by atoms with van der Waals surface area (Å²) in [5.41, 5.74) is 6.93. The van der Waals surface area contributed by atoms with Crippen molar-refractivity contribution in [2.45, 2.75) is 25.8 Å². The molecule has 4 heteroatoms. The highest BCUT2D eigenvalue weighted by atomic mass is 16.6. The van der Waals surface area contributed by atoms with Gasteiger partial charge >= 0.3 is 6.09 Å². The first-order chi connectivity index (χ1) is 8.15. The minimum absolute atomic E-state index is 0.221. The second kappa shape index (κ2) is 5.19. The van der Waals surface area contributed by atoms with Crippen LogP contribution in [-0.4, -0.2) is 30.1 Å². The van der Waals surface area contributed by atoms with Crippen LogP contribution in [0.2, 0.25) is 0 Å². The van der Waals surface area contributed by atoms with Crippen LogP contribution in [-0.2, 0) is 0 Å². The Morgan fingerprint density at radius 3 is 2.47 bits per heavy atom. The minimum atomic E-state index is -0.277. The molecule has 2 N–H and O–H groups in total. The van der Waals surface area contributed by atoms with Crippen LogP contribution in [0.4, 0.5) is 4.79 Å². The Balaban J connectivity index is 1.90. The molecule has 92 valence electrons. The average molecular weight is 234 g/mol. The lowest BCUT2D eigenvalue weighted by atomic mass is 10.1. The number of likely N-dealkylation sites (tertiary alicyclic amines) is 1. The van der Waals surface area contributed by atoms with Gasteiger partial charge in [0.05, 0.1) is 0 Å². The number of rotatable bonds is 1. The summed E-state index contributed by atoms with van der Waals surface area (Å²) in [5.74, 6) is 0.593. The van der Waals surface area contributed by atoms with E-state index < -0.39 is 0 Å². The van der Waals surface area contributed by atoms with Gasteiger partial charge in [-0.15, -0.1) is 0 Å². The topological polar surface area (TPSA) is 55.6 Å². The number of aryl methyl sites for hydroxylation is 1. The van der Waals surface area contributed by atoms with E-state index in [0.717, 1.165) is 18.4 Å². The molecule has 17 heavy (non-hydrogen) atoms. The van der Waals surface area contributed by atoms with E-state index >= 15 is 0 Å². The van der Waals surface area contributed by atoms with Crippen LogP contribution in [0.5, 0.6) is 5.75 Å². The smallest absolute Gasteiger partial charge is 0.410 e. The number of carbonyl (C=O) groups is 1. The first-order valence-electron chi connectivity index (χ1n) is 5.94. The maximum Gasteiger partial charge on any atom is 0.415 e. The van der Waals surface area contributed by atoms with E-state index in [1.54, 1.807) is 4.90 Å². The summed E-state index contributed by atoms with van der Waals surface area (Å²) in [5, 5.41) is 0. The molecule has 0 saturated carbocycles. The van der Waals surface area contributed by atoms with Gasteiger partial charge in [-0.2, -0.15) is 0 Å². The molecule has 0 atom stereocenters. The standard InChI is InChI=1S/C13H18N2O2/c1-10-2-4-12(5-3-10)17-13(16)15-8-6-11(14)7-9-15/h2-5,11H,6-9,14H2,1H3. The van der Waals surface area contributed by atoms with Crippen molar-refractivity contribution in [3.05, 3.63) is 29.8 Å². The van der Waals surface area contributed by atoms with Gasteiger partial charge in [0.15, 0.2) is 0 Å². The van der Waals surface area contributed by atoms with E-state index in [-0.39, 0.29) is 12.1 Å². The third kappa shape index (κ3) is 3.20. The molecule has 0 bridgehead atoms. The number of ether oxygens (including phenoxy) is 1. The number of benzene rings is 1. The Labute approximate surface area is 101 Å². The van der Waals surface area contributed by atoms with Crippen molar-refractivity contribution in [1.82, 2.24) is 4.90 Å². The molecule has 1 saturated heterocycles. The Morgan fingerprint density at radius 1 is 1.29 bits per heavy atom. The molecule has 1 aliphatic rings. The van der Waals surface area contributed by atoms with Crippen molar-refractivity contribution >= 4 is 6.09 Å². The van der Waals surface area contributed by atoms with Crippen LogP contribution >= 0.6 is 0 Å². The SMILES string of the molecule is Cc1ccc(OC(=O)N2CCC(N)CC2)cc1. The summed E-state index contributed by atoms with van der Waals surface area (Å²) in [4.78, 5) is 13.5. The van der Waals surface area contributed by atoms with Crippen molar-refractivity contribution < 1.29 is 9.53 Å². The van der Waals surface area contributed by atoms with E-state index in [1.807, 2.05) is 31.2 Å². The van der Waals surface area contributed by atoms with Gasteiger partial charge < -0.3 is 15.4 Å². The van der Waals surface area contributed by atoms with Gasteiger partial charge in [-0.3, -0.25) is 0 Å². The molecule has 1 aromatic carbocycles. The highest BCUT2D eigenvalue weighted by Gasteiger charge is 2.21. The van der Waals surface area contributed by atoms with Gasteiger partial charge in [0.25, 0.3) is 0 Å². The van der Waals surface area contributed by atoms with Crippen molar-refractivity contribution in [2.24, 2.45) is 5.73 Å². The molecule has 0 radical (unpaired) electrons. The number of amides is 1. The lowest BCUT2D eigenvalue weighted by molar-refractivity contribution is 0.139. The quantitative estimate of drug-likeness (QED) is 0.807. The Morgan fingerprint density at radius 2 is 1.88 bits per heavy atom. The normalized spacial score (nSPS) is 16.9. The Kier molecular flexibility index (Phi) is 3.64. The second-order valence-electron chi connectivity index (χ2n) is 4.51. The highest BCUT2D eigenvalue weighted by Crippen LogP contribution is 2.15. The number of piperidine rings is 1. The molecule has 1 amide bonds. The monoisotopic (exact) mass is 234 g/mol. The number of hydrogen-bond donors (Lipinski definition) is 1. The van der Waals surface area contributed by atoms with E-state index in [4.69, 9.17) is 10.5 Å². The fourth-order valence-corrected chi connectivity index (χ4v) is 1.85. The number of nitrogens with two attached hydrogens (primary N) is 1. The number of carbonyl (C=O) groups excluding carboxylic acids is 1. The van der Waals surface area contributed by atoms with Gasteiger partial charge in [-0.05, 0) is 31.9 Å². The van der Waals surface area contributed by atoms with Crippen LogP contribution in [0.3, 0.4) is 0 Å². The van der Waals surface area contributed by atoms with E-state index in [1.165, 1.54) is 0 Å². The third-order valence-electron chi connectivity index (χ3n) is 3.02. The van der Waals surface area contributed by atoms with Gasteiger partial charge in [-0.1, -0.05) is 17.7 Å². The van der Waals surface area contributed by atoms with Crippen LogP contribution in [0.25, 0.3) is 0 Å². The number of hydrogen-bond acceptors (Lipinski definition) is 3. The summed E-state index contributed by atoms with van der Waals surface area (Å²) >= 11 is 0. The van der Waals surface area contributed by atoms with Crippen molar-refractivity contribution in [3.63, 3.8) is 0 Å². The fraction of sp³-hybridized carbons (Fsp3) is 0.462. The molecule has 0 spiro atoms. The molecule has 0 aromatic heterocycles. The zero-order chi connectivity index (χ0) is 12.3. The van der Waals surface area contributed by atoms with Crippen molar-refractivity contribution in [3.8, 4) is 5.75 Å². The predicted molar refractivity (Wildman–Crippen MR) is 66.0 cm³/mol. The van der Waals surface area contributed by atoms with Gasteiger partial charge in [0.2, 0.25) is 0 Å². The van der Waals surface area contributed by atoms with Crippen LogP contribution in [0.15, 0.2) is 24.3 Å². The van der Waals surface area contributed by atoms with Gasteiger partial charge in [0, 0.05) is 19.1 Å². The molecule has 1 heterocycles. The van der Waals surface area contributed by atoms with Crippen LogP contribution in [0.1, 0.15) is 18.4 Å². The highest BCUT2D eigenvalue weighted by molar-refractivity contribution is 5.70.